The summed E-state index contributed by atoms with van der Waals surface area (Å²) in [7, 11) is 1.73. The van der Waals surface area contributed by atoms with Crippen molar-refractivity contribution in [1.82, 2.24) is 15.6 Å². The van der Waals surface area contributed by atoms with Gasteiger partial charge >= 0.3 is 0 Å². The van der Waals surface area contributed by atoms with Gasteiger partial charge in [-0.15, -0.1) is 24.0 Å². The fraction of sp³-hybridized carbons (Fsp3) is 0.400. The second-order valence-electron chi connectivity index (χ2n) is 6.90. The smallest absolute Gasteiger partial charge is 0.269 e. The van der Waals surface area contributed by atoms with Crippen LogP contribution in [0.5, 0.6) is 0 Å². The lowest BCUT2D eigenvalue weighted by Gasteiger charge is -2.34. The Morgan fingerprint density at radius 1 is 1.28 bits per heavy atom. The maximum atomic E-state index is 10.9. The van der Waals surface area contributed by atoms with Gasteiger partial charge in [-0.05, 0) is 37.5 Å². The molecule has 1 aliphatic rings. The van der Waals surface area contributed by atoms with Gasteiger partial charge < -0.3 is 15.5 Å². The molecule has 2 aromatic rings. The summed E-state index contributed by atoms with van der Waals surface area (Å²) in [6.45, 7) is 4.37. The van der Waals surface area contributed by atoms with Crippen LogP contribution >= 0.6 is 24.0 Å². The lowest BCUT2D eigenvalue weighted by molar-refractivity contribution is -0.384. The summed E-state index contributed by atoms with van der Waals surface area (Å²) in [6.07, 6.45) is 1.99. The largest absolute Gasteiger partial charge is 0.356 e. The summed E-state index contributed by atoms with van der Waals surface area (Å²) in [5.74, 6) is 1.74. The van der Waals surface area contributed by atoms with Crippen LogP contribution in [0.3, 0.4) is 0 Å². The molecule has 2 N–H and O–H groups in total. The molecule has 3 rings (SSSR count). The molecule has 1 aromatic heterocycles. The van der Waals surface area contributed by atoms with Crippen molar-refractivity contribution < 1.29 is 4.92 Å². The number of halogens is 1. The van der Waals surface area contributed by atoms with Crippen LogP contribution in [0, 0.1) is 17.0 Å². The average molecular weight is 510 g/mol. The fourth-order valence-electron chi connectivity index (χ4n) is 3.31. The van der Waals surface area contributed by atoms with Gasteiger partial charge in [0.2, 0.25) is 0 Å². The molecular weight excluding hydrogens is 483 g/mol. The first-order chi connectivity index (χ1) is 13.5. The number of aliphatic imine (C=N–C) groups is 1. The topological polar surface area (TPSA) is 95.7 Å². The SMILES string of the molecule is CN=C(NCc1cccc([N+](=O)[O-])c1)NC1CCN(c2cccc(C)n2)CC1.I. The van der Waals surface area contributed by atoms with E-state index >= 15 is 0 Å². The lowest BCUT2D eigenvalue weighted by atomic mass is 10.1. The van der Waals surface area contributed by atoms with Crippen LogP contribution in [0.15, 0.2) is 47.5 Å². The first kappa shape index (κ1) is 22.9. The highest BCUT2D eigenvalue weighted by Gasteiger charge is 2.21. The maximum absolute atomic E-state index is 10.9. The molecule has 1 saturated heterocycles. The Kier molecular flexibility index (Phi) is 8.62. The van der Waals surface area contributed by atoms with Crippen molar-refractivity contribution in [3.63, 3.8) is 0 Å². The van der Waals surface area contributed by atoms with E-state index in [9.17, 15) is 10.1 Å². The fourth-order valence-corrected chi connectivity index (χ4v) is 3.31. The molecule has 1 aromatic carbocycles. The minimum atomic E-state index is -0.382. The van der Waals surface area contributed by atoms with Gasteiger partial charge in [0.05, 0.1) is 4.92 Å². The number of aryl methyl sites for hydroxylation is 1. The summed E-state index contributed by atoms with van der Waals surface area (Å²) in [4.78, 5) is 21.7. The second-order valence-corrected chi connectivity index (χ2v) is 6.90. The summed E-state index contributed by atoms with van der Waals surface area (Å²) in [6, 6.07) is 13.1. The predicted octanol–water partition coefficient (Wildman–Crippen LogP) is 3.25. The van der Waals surface area contributed by atoms with E-state index in [4.69, 9.17) is 0 Å². The van der Waals surface area contributed by atoms with Gasteiger partial charge in [-0.2, -0.15) is 0 Å². The van der Waals surface area contributed by atoms with Crippen LogP contribution in [0.4, 0.5) is 11.5 Å². The number of nitro benzene ring substituents is 1. The molecule has 0 radical (unpaired) electrons. The van der Waals surface area contributed by atoms with Crippen LogP contribution < -0.4 is 15.5 Å². The zero-order valence-corrected chi connectivity index (χ0v) is 19.0. The number of piperidine rings is 1. The molecule has 0 aliphatic carbocycles. The van der Waals surface area contributed by atoms with Crippen molar-refractivity contribution >= 4 is 41.4 Å². The van der Waals surface area contributed by atoms with Gasteiger partial charge in [0.15, 0.2) is 5.96 Å². The van der Waals surface area contributed by atoms with E-state index in [1.807, 2.05) is 25.1 Å². The predicted molar refractivity (Wildman–Crippen MR) is 126 cm³/mol. The molecule has 9 heteroatoms. The van der Waals surface area contributed by atoms with E-state index in [0.29, 0.717) is 18.5 Å². The zero-order valence-electron chi connectivity index (χ0n) is 16.7. The molecule has 0 saturated carbocycles. The normalized spacial score (nSPS) is 14.8. The minimum absolute atomic E-state index is 0. The Balaban J connectivity index is 0.00000300. The highest BCUT2D eigenvalue weighted by atomic mass is 127. The molecule has 0 amide bonds. The Bertz CT molecular complexity index is 852. The van der Waals surface area contributed by atoms with Crippen molar-refractivity contribution in [2.75, 3.05) is 25.0 Å². The van der Waals surface area contributed by atoms with Crippen LogP contribution in [0.1, 0.15) is 24.1 Å². The number of pyridine rings is 1. The molecule has 1 aliphatic heterocycles. The van der Waals surface area contributed by atoms with Crippen LogP contribution in [-0.2, 0) is 6.54 Å². The van der Waals surface area contributed by atoms with E-state index in [1.54, 1.807) is 19.2 Å². The number of non-ortho nitro benzene ring substituents is 1. The van der Waals surface area contributed by atoms with Gasteiger partial charge in [0.1, 0.15) is 5.82 Å². The number of nitrogens with one attached hydrogen (secondary N) is 2. The van der Waals surface area contributed by atoms with Gasteiger partial charge in [0.25, 0.3) is 5.69 Å². The monoisotopic (exact) mass is 510 g/mol. The number of hydrogen-bond acceptors (Lipinski definition) is 5. The molecule has 29 heavy (non-hydrogen) atoms. The van der Waals surface area contributed by atoms with Crippen molar-refractivity contribution in [2.45, 2.75) is 32.4 Å². The van der Waals surface area contributed by atoms with Crippen LogP contribution in [0.2, 0.25) is 0 Å². The maximum Gasteiger partial charge on any atom is 0.269 e. The van der Waals surface area contributed by atoms with Crippen molar-refractivity contribution in [3.05, 3.63) is 63.8 Å². The number of nitrogens with zero attached hydrogens (tertiary/aromatic N) is 4. The van der Waals surface area contributed by atoms with Gasteiger partial charge in [-0.3, -0.25) is 15.1 Å². The number of aromatic nitrogens is 1. The van der Waals surface area contributed by atoms with E-state index in [2.05, 4.69) is 31.6 Å². The average Bonchev–Trinajstić information content (AvgIpc) is 2.71. The van der Waals surface area contributed by atoms with Crippen molar-refractivity contribution in [3.8, 4) is 0 Å². The van der Waals surface area contributed by atoms with Crippen LogP contribution in [0.25, 0.3) is 0 Å². The number of benzene rings is 1. The standard InChI is InChI=1S/C20H26N6O2.HI/c1-15-5-3-8-19(23-15)25-11-9-17(10-12-25)24-20(21-2)22-14-16-6-4-7-18(13-16)26(27)28;/h3-8,13,17H,9-12,14H2,1-2H3,(H2,21,22,24);1H. The van der Waals surface area contributed by atoms with Gasteiger partial charge in [0, 0.05) is 50.6 Å². The Labute approximate surface area is 188 Å². The molecule has 0 atom stereocenters. The van der Waals surface area contributed by atoms with Gasteiger partial charge in [-0.1, -0.05) is 18.2 Å². The third kappa shape index (κ3) is 6.55. The quantitative estimate of drug-likeness (QED) is 0.211. The van der Waals surface area contributed by atoms with E-state index in [0.717, 1.165) is 43.0 Å². The summed E-state index contributed by atoms with van der Waals surface area (Å²) in [5.41, 5.74) is 1.97. The summed E-state index contributed by atoms with van der Waals surface area (Å²) in [5, 5.41) is 17.6. The highest BCUT2D eigenvalue weighted by Crippen LogP contribution is 2.18. The number of anilines is 1. The summed E-state index contributed by atoms with van der Waals surface area (Å²) < 4.78 is 0. The molecule has 156 valence electrons. The Morgan fingerprint density at radius 2 is 2.00 bits per heavy atom. The van der Waals surface area contributed by atoms with E-state index in [-0.39, 0.29) is 34.6 Å². The number of guanidine groups is 1. The van der Waals surface area contributed by atoms with Crippen molar-refractivity contribution in [1.29, 1.82) is 0 Å². The zero-order chi connectivity index (χ0) is 19.9. The second kappa shape index (κ2) is 10.9. The minimum Gasteiger partial charge on any atom is -0.356 e. The molecule has 1 fully saturated rings. The molecule has 8 nitrogen and oxygen atoms in total. The number of nitro groups is 1. The molecule has 2 heterocycles. The molecule has 0 spiro atoms. The molecule has 0 unspecified atom stereocenters. The number of rotatable bonds is 5. The number of hydrogen-bond donors (Lipinski definition) is 2. The van der Waals surface area contributed by atoms with Crippen LogP contribution in [-0.4, -0.2) is 42.0 Å². The first-order valence-corrected chi connectivity index (χ1v) is 9.44. The van der Waals surface area contributed by atoms with Crippen molar-refractivity contribution in [2.24, 2.45) is 4.99 Å². The lowest BCUT2D eigenvalue weighted by Crippen LogP contribution is -2.48. The third-order valence-electron chi connectivity index (χ3n) is 4.84. The first-order valence-electron chi connectivity index (χ1n) is 9.44. The molecule has 0 bridgehead atoms. The molecular formula is C20H27IN6O2. The third-order valence-corrected chi connectivity index (χ3v) is 4.84. The summed E-state index contributed by atoms with van der Waals surface area (Å²) >= 11 is 0. The van der Waals surface area contributed by atoms with Gasteiger partial charge in [-0.25, -0.2) is 4.98 Å². The van der Waals surface area contributed by atoms with E-state index in [1.165, 1.54) is 6.07 Å². The van der Waals surface area contributed by atoms with E-state index < -0.39 is 0 Å². The Morgan fingerprint density at radius 3 is 2.66 bits per heavy atom. The Hall–Kier alpha value is -2.43. The highest BCUT2D eigenvalue weighted by molar-refractivity contribution is 14.0.